The molecule has 14 heteroatoms. The Morgan fingerprint density at radius 2 is 1.66 bits per heavy atom. The zero-order valence-corrected chi connectivity index (χ0v) is 30.3. The van der Waals surface area contributed by atoms with Gasteiger partial charge in [0, 0.05) is 66.2 Å². The number of fused-ring (bicyclic) bond motifs is 3. The highest BCUT2D eigenvalue weighted by Gasteiger charge is 2.45. The van der Waals surface area contributed by atoms with E-state index >= 15 is 0 Å². The molecule has 5 aromatic rings. The number of aromatic nitrogens is 1. The molecule has 2 fully saturated rings. The maximum atomic E-state index is 14.3. The highest BCUT2D eigenvalue weighted by atomic mass is 32.2. The van der Waals surface area contributed by atoms with Crippen molar-refractivity contribution < 1.29 is 31.5 Å². The SMILES string of the molecule is Cc1cnc(N2CC3(CCOCC3)C2)c(C(=O)Nc2ccc(C(=O)N3CCc4cc(NS(=O)(=O)c5c(F)cccc5F)sc4-c4ccccc43)cc2)c1. The number of aryl methyl sites for hydroxylation is 1. The van der Waals surface area contributed by atoms with E-state index in [4.69, 9.17) is 4.74 Å². The van der Waals surface area contributed by atoms with Crippen LogP contribution < -0.4 is 19.8 Å². The topological polar surface area (TPSA) is 121 Å². The molecule has 0 radical (unpaired) electrons. The van der Waals surface area contributed by atoms with E-state index in [0.29, 0.717) is 41.3 Å². The molecular weight excluding hydrogens is 721 g/mol. The lowest BCUT2D eigenvalue weighted by molar-refractivity contribution is -0.000510. The van der Waals surface area contributed by atoms with Crippen LogP contribution in [-0.2, 0) is 21.2 Å². The second kappa shape index (κ2) is 13.7. The minimum absolute atomic E-state index is 0.201. The lowest BCUT2D eigenvalue weighted by atomic mass is 9.73. The first-order valence-corrected chi connectivity index (χ1v) is 19.5. The number of carbonyl (C=O) groups excluding carboxylic acids is 2. The highest BCUT2D eigenvalue weighted by molar-refractivity contribution is 7.93. The molecule has 2 saturated heterocycles. The van der Waals surface area contributed by atoms with Crippen LogP contribution in [0.1, 0.15) is 44.7 Å². The Morgan fingerprint density at radius 1 is 0.943 bits per heavy atom. The quantitative estimate of drug-likeness (QED) is 0.179. The van der Waals surface area contributed by atoms with Gasteiger partial charge in [-0.3, -0.25) is 14.3 Å². The molecule has 0 aliphatic carbocycles. The number of sulfonamides is 1. The summed E-state index contributed by atoms with van der Waals surface area (Å²) in [5, 5.41) is 3.18. The number of amides is 2. The number of anilines is 4. The normalized spacial score (nSPS) is 16.3. The Labute approximate surface area is 309 Å². The van der Waals surface area contributed by atoms with Gasteiger partial charge in [-0.05, 0) is 91.9 Å². The zero-order chi connectivity index (χ0) is 36.9. The molecule has 0 bridgehead atoms. The number of carbonyl (C=O) groups is 2. The number of benzene rings is 3. The smallest absolute Gasteiger partial charge is 0.268 e. The van der Waals surface area contributed by atoms with Gasteiger partial charge in [0.1, 0.15) is 22.5 Å². The number of para-hydroxylation sites is 1. The molecule has 1 spiro atoms. The first-order chi connectivity index (χ1) is 25.5. The van der Waals surface area contributed by atoms with Crippen LogP contribution in [0.4, 0.5) is 31.0 Å². The van der Waals surface area contributed by atoms with Crippen LogP contribution in [0.15, 0.2) is 90.0 Å². The standard InChI is InChI=1S/C39H35F2N5O5S2/c1-24-19-29(36(42-21-24)45-22-39(23-45)14-17-51-18-15-39)37(47)43-27-11-9-25(10-12-27)38(48)46-16-13-26-20-33(52-34(26)28-5-2-3-8-32(28)46)44-53(49,50)35-30(40)6-4-7-31(35)41/h2-12,19-21,44H,13-18,22-23H2,1H3,(H,43,47). The van der Waals surface area contributed by atoms with E-state index in [1.807, 2.05) is 37.3 Å². The number of hydrogen-bond acceptors (Lipinski definition) is 8. The maximum absolute atomic E-state index is 14.3. The van der Waals surface area contributed by atoms with Crippen LogP contribution in [-0.4, -0.2) is 58.1 Å². The molecule has 2 aromatic heterocycles. The summed E-state index contributed by atoms with van der Waals surface area (Å²) in [6, 6.07) is 20.4. The van der Waals surface area contributed by atoms with E-state index in [2.05, 4.69) is 19.9 Å². The average molecular weight is 756 g/mol. The van der Waals surface area contributed by atoms with Gasteiger partial charge in [0.25, 0.3) is 21.8 Å². The van der Waals surface area contributed by atoms with Crippen molar-refractivity contribution in [3.8, 4) is 10.4 Å². The number of nitrogens with zero attached hydrogens (tertiary/aromatic N) is 3. The lowest BCUT2D eigenvalue weighted by Crippen LogP contribution is -2.59. The first kappa shape index (κ1) is 34.9. The van der Waals surface area contributed by atoms with Gasteiger partial charge in [-0.15, -0.1) is 11.3 Å². The van der Waals surface area contributed by atoms with Gasteiger partial charge in [0.2, 0.25) is 0 Å². The average Bonchev–Trinajstić information content (AvgIpc) is 3.45. The first-order valence-electron chi connectivity index (χ1n) is 17.2. The highest BCUT2D eigenvalue weighted by Crippen LogP contribution is 2.45. The van der Waals surface area contributed by atoms with Crippen LogP contribution in [0.5, 0.6) is 0 Å². The van der Waals surface area contributed by atoms with Crippen molar-refractivity contribution in [2.24, 2.45) is 5.41 Å². The third-order valence-corrected chi connectivity index (χ3v) is 12.7. The molecule has 2 amide bonds. The minimum atomic E-state index is -4.55. The molecule has 2 N–H and O–H groups in total. The van der Waals surface area contributed by atoms with Gasteiger partial charge in [0.05, 0.1) is 11.3 Å². The third kappa shape index (κ3) is 6.66. The fourth-order valence-electron chi connectivity index (χ4n) is 7.35. The number of ether oxygens (including phenoxy) is 1. The third-order valence-electron chi connectivity index (χ3n) is 10.1. The Morgan fingerprint density at radius 3 is 2.40 bits per heavy atom. The summed E-state index contributed by atoms with van der Waals surface area (Å²) in [7, 11) is -4.55. The van der Waals surface area contributed by atoms with E-state index in [0.717, 1.165) is 90.2 Å². The van der Waals surface area contributed by atoms with Gasteiger partial charge in [-0.25, -0.2) is 22.2 Å². The fraction of sp³-hybridized carbons (Fsp3) is 0.256. The zero-order valence-electron chi connectivity index (χ0n) is 28.7. The number of thiophene rings is 1. The Bertz CT molecular complexity index is 2330. The second-order valence-electron chi connectivity index (χ2n) is 13.7. The van der Waals surface area contributed by atoms with Crippen molar-refractivity contribution >= 4 is 55.4 Å². The predicted octanol–water partition coefficient (Wildman–Crippen LogP) is 7.27. The molecule has 5 heterocycles. The number of nitrogens with one attached hydrogen (secondary N) is 2. The van der Waals surface area contributed by atoms with Gasteiger partial charge in [-0.2, -0.15) is 0 Å². The summed E-state index contributed by atoms with van der Waals surface area (Å²) in [5.74, 6) is -2.24. The van der Waals surface area contributed by atoms with E-state index in [1.165, 1.54) is 0 Å². The number of rotatable bonds is 7. The van der Waals surface area contributed by atoms with Crippen molar-refractivity contribution in [3.63, 3.8) is 0 Å². The second-order valence-corrected chi connectivity index (χ2v) is 16.4. The Hall–Kier alpha value is -5.18. The predicted molar refractivity (Wildman–Crippen MR) is 200 cm³/mol. The molecule has 3 aliphatic rings. The molecule has 53 heavy (non-hydrogen) atoms. The van der Waals surface area contributed by atoms with Gasteiger partial charge < -0.3 is 19.9 Å². The summed E-state index contributed by atoms with van der Waals surface area (Å²) in [6.45, 7) is 5.40. The minimum Gasteiger partial charge on any atom is -0.381 e. The molecule has 3 aliphatic heterocycles. The summed E-state index contributed by atoms with van der Waals surface area (Å²) in [6.07, 6.45) is 4.19. The summed E-state index contributed by atoms with van der Waals surface area (Å²) in [5.41, 5.74) is 4.69. The molecule has 0 atom stereocenters. The van der Waals surface area contributed by atoms with Crippen molar-refractivity contribution in [2.75, 3.05) is 52.7 Å². The summed E-state index contributed by atoms with van der Waals surface area (Å²) in [4.78, 5) is 35.8. The van der Waals surface area contributed by atoms with Gasteiger partial charge >= 0.3 is 0 Å². The number of hydrogen-bond donors (Lipinski definition) is 2. The number of halogens is 2. The van der Waals surface area contributed by atoms with Crippen LogP contribution in [0.3, 0.4) is 0 Å². The Kier molecular flexibility index (Phi) is 8.99. The lowest BCUT2D eigenvalue weighted by Gasteiger charge is -2.53. The molecule has 8 rings (SSSR count). The van der Waals surface area contributed by atoms with Crippen LogP contribution in [0, 0.1) is 24.0 Å². The van der Waals surface area contributed by atoms with Gasteiger partial charge in [0.15, 0.2) is 4.90 Å². The van der Waals surface area contributed by atoms with Gasteiger partial charge in [-0.1, -0.05) is 24.3 Å². The van der Waals surface area contributed by atoms with E-state index in [1.54, 1.807) is 41.4 Å². The van der Waals surface area contributed by atoms with Crippen molar-refractivity contribution in [3.05, 3.63) is 119 Å². The molecule has 272 valence electrons. The molecule has 0 unspecified atom stereocenters. The van der Waals surface area contributed by atoms with E-state index in [9.17, 15) is 26.8 Å². The van der Waals surface area contributed by atoms with Crippen LogP contribution in [0.25, 0.3) is 10.4 Å². The molecule has 10 nitrogen and oxygen atoms in total. The maximum Gasteiger partial charge on any atom is 0.268 e. The van der Waals surface area contributed by atoms with Crippen molar-refractivity contribution in [1.29, 1.82) is 0 Å². The van der Waals surface area contributed by atoms with E-state index < -0.39 is 26.6 Å². The summed E-state index contributed by atoms with van der Waals surface area (Å²) < 4.78 is 62.5. The number of pyridine rings is 1. The molecular formula is C39H35F2N5O5S2. The summed E-state index contributed by atoms with van der Waals surface area (Å²) >= 11 is 1.13. The van der Waals surface area contributed by atoms with Crippen LogP contribution in [0.2, 0.25) is 0 Å². The molecule has 3 aromatic carbocycles. The monoisotopic (exact) mass is 755 g/mol. The Balaban J connectivity index is 0.983. The van der Waals surface area contributed by atoms with Crippen LogP contribution >= 0.6 is 11.3 Å². The fourth-order valence-corrected chi connectivity index (χ4v) is 9.91. The molecule has 0 saturated carbocycles. The van der Waals surface area contributed by atoms with Crippen molar-refractivity contribution in [2.45, 2.75) is 31.1 Å². The largest absolute Gasteiger partial charge is 0.381 e. The van der Waals surface area contributed by atoms with Crippen molar-refractivity contribution in [1.82, 2.24) is 4.98 Å². The van der Waals surface area contributed by atoms with E-state index in [-0.39, 0.29) is 22.2 Å².